The van der Waals surface area contributed by atoms with Gasteiger partial charge < -0.3 is 9.13 Å². The number of aromatic nitrogens is 3. The molecule has 0 atom stereocenters. The van der Waals surface area contributed by atoms with Gasteiger partial charge >= 0.3 is 0 Å². The van der Waals surface area contributed by atoms with E-state index in [1.54, 1.807) is 0 Å². The Kier molecular flexibility index (Phi) is 5.54. The Labute approximate surface area is 285 Å². The van der Waals surface area contributed by atoms with Crippen molar-refractivity contribution in [2.75, 3.05) is 0 Å². The number of fused-ring (bicyclic) bond motifs is 12. The molecule has 49 heavy (non-hydrogen) atoms. The average Bonchev–Trinajstić information content (AvgIpc) is 3.83. The van der Waals surface area contributed by atoms with Gasteiger partial charge in [-0.3, -0.25) is 4.98 Å². The molecule has 0 radical (unpaired) electrons. The minimum absolute atomic E-state index is 1.02. The lowest BCUT2D eigenvalue weighted by atomic mass is 10.0. The monoisotopic (exact) mass is 641 g/mol. The van der Waals surface area contributed by atoms with E-state index in [0.29, 0.717) is 0 Å². The van der Waals surface area contributed by atoms with Crippen LogP contribution >= 0.6 is 11.3 Å². The van der Waals surface area contributed by atoms with Crippen LogP contribution in [-0.2, 0) is 0 Å². The summed E-state index contributed by atoms with van der Waals surface area (Å²) in [5.74, 6) is 0. The van der Waals surface area contributed by atoms with Gasteiger partial charge in [0.05, 0.1) is 32.3 Å². The topological polar surface area (TPSA) is 22.8 Å². The Bertz CT molecular complexity index is 3090. The molecule has 0 aliphatic heterocycles. The number of para-hydroxylation sites is 3. The highest BCUT2D eigenvalue weighted by Gasteiger charge is 2.21. The smallest absolute Gasteiger partial charge is 0.0788 e. The summed E-state index contributed by atoms with van der Waals surface area (Å²) in [6.07, 6.45) is 2.03. The number of benzene rings is 7. The Morgan fingerprint density at radius 2 is 0.959 bits per heavy atom. The summed E-state index contributed by atoms with van der Waals surface area (Å²) < 4.78 is 7.43. The van der Waals surface area contributed by atoms with Gasteiger partial charge in [0, 0.05) is 60.0 Å². The van der Waals surface area contributed by atoms with Crippen LogP contribution in [0.2, 0.25) is 0 Å². The van der Waals surface area contributed by atoms with Crippen LogP contribution in [0.1, 0.15) is 0 Å². The van der Waals surface area contributed by atoms with Crippen molar-refractivity contribution in [1.29, 1.82) is 0 Å². The molecule has 0 aliphatic rings. The van der Waals surface area contributed by atoms with Crippen molar-refractivity contribution in [3.63, 3.8) is 0 Å². The van der Waals surface area contributed by atoms with E-state index in [0.717, 1.165) is 16.9 Å². The van der Waals surface area contributed by atoms with Gasteiger partial charge in [-0.05, 0) is 59.7 Å². The fourth-order valence-corrected chi connectivity index (χ4v) is 9.10. The SMILES string of the molecule is c1ccc(-n2c3ccccc3c3ccc4c5ccccc5n(-c5ccc(-c6ccc7c(c6)ncc6sc8ccccc8c67)cc5)c4c32)cc1. The van der Waals surface area contributed by atoms with E-state index in [1.807, 2.05) is 17.5 Å². The Balaban J connectivity index is 1.13. The second-order valence-corrected chi connectivity index (χ2v) is 13.9. The molecule has 4 aromatic heterocycles. The molecule has 0 saturated heterocycles. The first kappa shape index (κ1) is 26.8. The van der Waals surface area contributed by atoms with E-state index >= 15 is 0 Å². The van der Waals surface area contributed by atoms with Gasteiger partial charge in [0.15, 0.2) is 0 Å². The predicted molar refractivity (Wildman–Crippen MR) is 209 cm³/mol. The summed E-state index contributed by atoms with van der Waals surface area (Å²) in [6.45, 7) is 0. The highest BCUT2D eigenvalue weighted by Crippen LogP contribution is 2.42. The van der Waals surface area contributed by atoms with Crippen molar-refractivity contribution in [3.8, 4) is 22.5 Å². The summed E-state index contributed by atoms with van der Waals surface area (Å²) in [5.41, 5.74) is 10.5. The second kappa shape index (κ2) is 10.1. The molecule has 228 valence electrons. The number of hydrogen-bond donors (Lipinski definition) is 0. The minimum Gasteiger partial charge on any atom is -0.307 e. The van der Waals surface area contributed by atoms with E-state index in [9.17, 15) is 0 Å². The largest absolute Gasteiger partial charge is 0.307 e. The quantitative estimate of drug-likeness (QED) is 0.188. The molecule has 11 rings (SSSR count). The highest BCUT2D eigenvalue weighted by molar-refractivity contribution is 7.26. The van der Waals surface area contributed by atoms with Crippen LogP contribution in [-0.4, -0.2) is 14.1 Å². The molecule has 0 N–H and O–H groups in total. The fourth-order valence-electron chi connectivity index (χ4n) is 8.01. The molecule has 0 fully saturated rings. The minimum atomic E-state index is 1.02. The van der Waals surface area contributed by atoms with Crippen LogP contribution in [0.5, 0.6) is 0 Å². The Morgan fingerprint density at radius 1 is 0.408 bits per heavy atom. The Hall–Kier alpha value is -6.23. The molecular weight excluding hydrogens is 615 g/mol. The number of rotatable bonds is 3. The average molecular weight is 642 g/mol. The van der Waals surface area contributed by atoms with Crippen molar-refractivity contribution >= 4 is 86.0 Å². The first-order chi connectivity index (χ1) is 24.3. The third kappa shape index (κ3) is 3.80. The molecule has 11 aromatic rings. The first-order valence-corrected chi connectivity index (χ1v) is 17.4. The van der Waals surface area contributed by atoms with Gasteiger partial charge in [0.25, 0.3) is 0 Å². The summed E-state index contributed by atoms with van der Waals surface area (Å²) in [7, 11) is 0. The highest BCUT2D eigenvalue weighted by atomic mass is 32.1. The van der Waals surface area contributed by atoms with Crippen LogP contribution in [0, 0.1) is 0 Å². The van der Waals surface area contributed by atoms with Gasteiger partial charge in [-0.25, -0.2) is 0 Å². The zero-order valence-electron chi connectivity index (χ0n) is 26.3. The van der Waals surface area contributed by atoms with Gasteiger partial charge in [-0.15, -0.1) is 11.3 Å². The lowest BCUT2D eigenvalue weighted by molar-refractivity contribution is 1.15. The van der Waals surface area contributed by atoms with Crippen LogP contribution in [0.3, 0.4) is 0 Å². The van der Waals surface area contributed by atoms with Crippen molar-refractivity contribution < 1.29 is 0 Å². The third-order valence-corrected chi connectivity index (χ3v) is 11.3. The zero-order chi connectivity index (χ0) is 32.1. The van der Waals surface area contributed by atoms with Crippen LogP contribution in [0.25, 0.3) is 97.2 Å². The molecule has 0 aliphatic carbocycles. The van der Waals surface area contributed by atoms with Crippen molar-refractivity contribution in [3.05, 3.63) is 164 Å². The van der Waals surface area contributed by atoms with E-state index in [1.165, 1.54) is 80.3 Å². The van der Waals surface area contributed by atoms with E-state index in [2.05, 4.69) is 167 Å². The molecule has 4 heterocycles. The number of pyridine rings is 1. The number of thiophene rings is 1. The standard InChI is InChI=1S/C45H27N3S/c1-2-10-30(11-3-1)47-39-15-7-4-12-32(39)34-24-25-35-33-13-5-8-16-40(33)48(45(35)44(34)47)31-21-18-28(19-22-31)29-20-23-36-38(26-29)46-27-42-43(36)37-14-6-9-17-41(37)49-42/h1-27H. The van der Waals surface area contributed by atoms with Gasteiger partial charge in [-0.1, -0.05) is 109 Å². The number of nitrogens with zero attached hydrogens (tertiary/aromatic N) is 3. The lowest BCUT2D eigenvalue weighted by Gasteiger charge is -2.13. The van der Waals surface area contributed by atoms with Gasteiger partial charge in [-0.2, -0.15) is 0 Å². The van der Waals surface area contributed by atoms with Crippen LogP contribution in [0.15, 0.2) is 164 Å². The predicted octanol–water partition coefficient (Wildman–Crippen LogP) is 12.5. The Morgan fingerprint density at radius 3 is 1.65 bits per heavy atom. The molecule has 7 aromatic carbocycles. The summed E-state index contributed by atoms with van der Waals surface area (Å²) in [4.78, 5) is 4.90. The van der Waals surface area contributed by atoms with Gasteiger partial charge in [0.1, 0.15) is 0 Å². The molecule has 0 bridgehead atoms. The molecule has 3 nitrogen and oxygen atoms in total. The molecular formula is C45H27N3S. The summed E-state index contributed by atoms with van der Waals surface area (Å²) in [5, 5.41) is 8.83. The van der Waals surface area contributed by atoms with Crippen molar-refractivity contribution in [1.82, 2.24) is 14.1 Å². The zero-order valence-corrected chi connectivity index (χ0v) is 27.2. The van der Waals surface area contributed by atoms with Gasteiger partial charge in [0.2, 0.25) is 0 Å². The fraction of sp³-hybridized carbons (Fsp3) is 0. The summed E-state index contributed by atoms with van der Waals surface area (Å²) in [6, 6.07) is 57.3. The number of hydrogen-bond acceptors (Lipinski definition) is 2. The molecule has 4 heteroatoms. The maximum atomic E-state index is 4.90. The van der Waals surface area contributed by atoms with E-state index < -0.39 is 0 Å². The normalized spacial score (nSPS) is 12.1. The molecule has 0 saturated carbocycles. The lowest BCUT2D eigenvalue weighted by Crippen LogP contribution is -1.98. The maximum absolute atomic E-state index is 4.90. The van der Waals surface area contributed by atoms with Crippen molar-refractivity contribution in [2.24, 2.45) is 0 Å². The van der Waals surface area contributed by atoms with Crippen molar-refractivity contribution in [2.45, 2.75) is 0 Å². The first-order valence-electron chi connectivity index (χ1n) is 16.6. The second-order valence-electron chi connectivity index (χ2n) is 12.8. The van der Waals surface area contributed by atoms with E-state index in [4.69, 9.17) is 4.98 Å². The van der Waals surface area contributed by atoms with Crippen LogP contribution < -0.4 is 0 Å². The molecule has 0 spiro atoms. The molecule has 0 unspecified atom stereocenters. The third-order valence-electron chi connectivity index (χ3n) is 10.2. The van der Waals surface area contributed by atoms with E-state index in [-0.39, 0.29) is 0 Å². The maximum Gasteiger partial charge on any atom is 0.0788 e. The molecule has 0 amide bonds. The summed E-state index contributed by atoms with van der Waals surface area (Å²) >= 11 is 1.81. The van der Waals surface area contributed by atoms with Crippen LogP contribution in [0.4, 0.5) is 0 Å².